The van der Waals surface area contributed by atoms with Gasteiger partial charge in [-0.2, -0.15) is 11.3 Å². The molecular formula is C19H17NO3S. The molecule has 3 aromatic rings. The molecule has 2 aromatic carbocycles. The minimum Gasteiger partial charge on any atom is -0.489 e. The van der Waals surface area contributed by atoms with Crippen LogP contribution in [-0.4, -0.2) is 11.0 Å². The number of carbonyl (C=O) groups excluding carboxylic acids is 1. The van der Waals surface area contributed by atoms with Crippen LogP contribution in [0.3, 0.4) is 0 Å². The Kier molecular flexibility index (Phi) is 4.64. The smallest absolute Gasteiger partial charge is 0.258 e. The van der Waals surface area contributed by atoms with Gasteiger partial charge in [-0.05, 0) is 45.6 Å². The number of hydrogen-bond acceptors (Lipinski definition) is 4. The first-order valence-electron chi connectivity index (χ1n) is 7.43. The van der Waals surface area contributed by atoms with Crippen LogP contribution in [0.1, 0.15) is 16.7 Å². The van der Waals surface area contributed by atoms with E-state index in [4.69, 9.17) is 10.5 Å². The van der Waals surface area contributed by atoms with Gasteiger partial charge < -0.3 is 15.6 Å². The highest BCUT2D eigenvalue weighted by atomic mass is 32.1. The summed E-state index contributed by atoms with van der Waals surface area (Å²) >= 11 is 1.62. The van der Waals surface area contributed by atoms with E-state index in [0.717, 1.165) is 5.56 Å². The van der Waals surface area contributed by atoms with Gasteiger partial charge in [-0.3, -0.25) is 4.79 Å². The molecule has 0 aliphatic carbocycles. The zero-order chi connectivity index (χ0) is 17.0. The van der Waals surface area contributed by atoms with Gasteiger partial charge in [-0.25, -0.2) is 0 Å². The average molecular weight is 339 g/mol. The van der Waals surface area contributed by atoms with Crippen molar-refractivity contribution < 1.29 is 14.6 Å². The topological polar surface area (TPSA) is 72.6 Å². The van der Waals surface area contributed by atoms with Crippen LogP contribution in [0.4, 0.5) is 0 Å². The zero-order valence-corrected chi connectivity index (χ0v) is 13.7. The molecule has 4 nitrogen and oxygen atoms in total. The monoisotopic (exact) mass is 339 g/mol. The number of rotatable bonds is 6. The summed E-state index contributed by atoms with van der Waals surface area (Å²) in [6, 6.07) is 17.4. The molecule has 0 radical (unpaired) electrons. The summed E-state index contributed by atoms with van der Waals surface area (Å²) in [6.45, 7) is 0.474. The lowest BCUT2D eigenvalue weighted by Gasteiger charge is -2.25. The number of thiophene rings is 1. The molecule has 5 heteroatoms. The highest BCUT2D eigenvalue weighted by Crippen LogP contribution is 2.30. The van der Waals surface area contributed by atoms with E-state index in [1.165, 1.54) is 0 Å². The molecular weight excluding hydrogens is 322 g/mol. The summed E-state index contributed by atoms with van der Waals surface area (Å²) in [7, 11) is 0. The Balaban J connectivity index is 1.83. The second kappa shape index (κ2) is 6.86. The van der Waals surface area contributed by atoms with Crippen molar-refractivity contribution in [3.05, 3.63) is 88.1 Å². The lowest BCUT2D eigenvalue weighted by Crippen LogP contribution is -2.42. The van der Waals surface area contributed by atoms with Gasteiger partial charge in [-0.1, -0.05) is 42.5 Å². The predicted molar refractivity (Wildman–Crippen MR) is 93.7 cm³/mol. The van der Waals surface area contributed by atoms with Crippen molar-refractivity contribution in [2.75, 3.05) is 0 Å². The van der Waals surface area contributed by atoms with E-state index < -0.39 is 11.5 Å². The van der Waals surface area contributed by atoms with Gasteiger partial charge in [0.2, 0.25) is 0 Å². The molecule has 122 valence electrons. The lowest BCUT2D eigenvalue weighted by molar-refractivity contribution is -0.133. The number of ether oxygens (including phenoxy) is 1. The standard InChI is InChI=1S/C19H17NO3S/c20-18(21)19(22,15-4-2-1-3-5-15)16-6-8-17(9-7-16)23-12-14-10-11-24-13-14/h1-11,13,22H,12H2,(H2,20,21). The Morgan fingerprint density at radius 2 is 1.71 bits per heavy atom. The van der Waals surface area contributed by atoms with E-state index in [0.29, 0.717) is 23.5 Å². The van der Waals surface area contributed by atoms with Crippen molar-refractivity contribution in [2.45, 2.75) is 12.2 Å². The molecule has 0 bridgehead atoms. The van der Waals surface area contributed by atoms with Gasteiger partial charge in [0.05, 0.1) is 0 Å². The minimum absolute atomic E-state index is 0.407. The summed E-state index contributed by atoms with van der Waals surface area (Å²) in [6.07, 6.45) is 0. The Morgan fingerprint density at radius 1 is 1.04 bits per heavy atom. The van der Waals surface area contributed by atoms with Crippen LogP contribution < -0.4 is 10.5 Å². The molecule has 0 fully saturated rings. The number of carbonyl (C=O) groups is 1. The maximum atomic E-state index is 11.9. The molecule has 0 aliphatic heterocycles. The summed E-state index contributed by atoms with van der Waals surface area (Å²) in [4.78, 5) is 11.9. The lowest BCUT2D eigenvalue weighted by atomic mass is 9.86. The van der Waals surface area contributed by atoms with E-state index in [1.54, 1.807) is 59.9 Å². The van der Waals surface area contributed by atoms with Gasteiger partial charge in [-0.15, -0.1) is 0 Å². The number of nitrogens with two attached hydrogens (primary N) is 1. The zero-order valence-electron chi connectivity index (χ0n) is 12.9. The third-order valence-electron chi connectivity index (χ3n) is 3.81. The first-order valence-corrected chi connectivity index (χ1v) is 8.37. The summed E-state index contributed by atoms with van der Waals surface area (Å²) in [5, 5.41) is 14.9. The van der Waals surface area contributed by atoms with E-state index in [1.807, 2.05) is 22.9 Å². The van der Waals surface area contributed by atoms with E-state index >= 15 is 0 Å². The fraction of sp³-hybridized carbons (Fsp3) is 0.105. The van der Waals surface area contributed by atoms with Crippen molar-refractivity contribution >= 4 is 17.2 Å². The van der Waals surface area contributed by atoms with Gasteiger partial charge in [0.15, 0.2) is 5.60 Å². The van der Waals surface area contributed by atoms with Gasteiger partial charge in [0, 0.05) is 0 Å². The first-order chi connectivity index (χ1) is 11.6. The highest BCUT2D eigenvalue weighted by molar-refractivity contribution is 7.07. The summed E-state index contributed by atoms with van der Waals surface area (Å²) < 4.78 is 5.69. The Morgan fingerprint density at radius 3 is 2.29 bits per heavy atom. The third-order valence-corrected chi connectivity index (χ3v) is 4.54. The maximum Gasteiger partial charge on any atom is 0.258 e. The van der Waals surface area contributed by atoms with Crippen LogP contribution in [-0.2, 0) is 17.0 Å². The normalized spacial score (nSPS) is 13.2. The second-order valence-corrected chi connectivity index (χ2v) is 6.17. The van der Waals surface area contributed by atoms with Crippen LogP contribution in [0.25, 0.3) is 0 Å². The molecule has 0 saturated heterocycles. The quantitative estimate of drug-likeness (QED) is 0.725. The van der Waals surface area contributed by atoms with E-state index in [9.17, 15) is 9.90 Å². The summed E-state index contributed by atoms with van der Waals surface area (Å²) in [5.74, 6) is -0.162. The Hall–Kier alpha value is -2.63. The van der Waals surface area contributed by atoms with Crippen LogP contribution in [0.15, 0.2) is 71.4 Å². The molecule has 1 atom stereocenters. The fourth-order valence-electron chi connectivity index (χ4n) is 2.46. The second-order valence-electron chi connectivity index (χ2n) is 5.39. The molecule has 0 saturated carbocycles. The van der Waals surface area contributed by atoms with E-state index in [2.05, 4.69) is 0 Å². The number of primary amides is 1. The molecule has 0 aliphatic rings. The molecule has 1 amide bonds. The maximum absolute atomic E-state index is 11.9. The number of hydrogen-bond donors (Lipinski definition) is 2. The minimum atomic E-state index is -1.87. The van der Waals surface area contributed by atoms with Crippen molar-refractivity contribution in [1.82, 2.24) is 0 Å². The molecule has 3 N–H and O–H groups in total. The summed E-state index contributed by atoms with van der Waals surface area (Å²) in [5.41, 5.74) is 5.55. The Labute approximate surface area is 144 Å². The molecule has 24 heavy (non-hydrogen) atoms. The van der Waals surface area contributed by atoms with Crippen LogP contribution in [0.5, 0.6) is 5.75 Å². The predicted octanol–water partition coefficient (Wildman–Crippen LogP) is 3.05. The highest BCUT2D eigenvalue weighted by Gasteiger charge is 2.37. The van der Waals surface area contributed by atoms with Crippen molar-refractivity contribution in [1.29, 1.82) is 0 Å². The fourth-order valence-corrected chi connectivity index (χ4v) is 3.12. The molecule has 1 unspecified atom stereocenters. The number of benzene rings is 2. The molecule has 3 rings (SSSR count). The van der Waals surface area contributed by atoms with E-state index in [-0.39, 0.29) is 0 Å². The van der Waals surface area contributed by atoms with Gasteiger partial charge in [0.1, 0.15) is 12.4 Å². The number of aliphatic hydroxyl groups is 1. The molecule has 1 heterocycles. The largest absolute Gasteiger partial charge is 0.489 e. The SMILES string of the molecule is NC(=O)C(O)(c1ccccc1)c1ccc(OCc2ccsc2)cc1. The Bertz CT molecular complexity index is 800. The van der Waals surface area contributed by atoms with Crippen molar-refractivity contribution in [2.24, 2.45) is 5.73 Å². The van der Waals surface area contributed by atoms with Crippen molar-refractivity contribution in [3.63, 3.8) is 0 Å². The average Bonchev–Trinajstić information content (AvgIpc) is 3.14. The third kappa shape index (κ3) is 3.18. The van der Waals surface area contributed by atoms with Crippen LogP contribution in [0.2, 0.25) is 0 Å². The number of amides is 1. The van der Waals surface area contributed by atoms with Crippen LogP contribution in [0, 0.1) is 0 Å². The van der Waals surface area contributed by atoms with Crippen molar-refractivity contribution in [3.8, 4) is 5.75 Å². The van der Waals surface area contributed by atoms with Gasteiger partial charge in [0.25, 0.3) is 5.91 Å². The first kappa shape index (κ1) is 16.2. The van der Waals surface area contributed by atoms with Crippen LogP contribution >= 0.6 is 11.3 Å². The van der Waals surface area contributed by atoms with Gasteiger partial charge >= 0.3 is 0 Å². The molecule has 0 spiro atoms. The molecule has 1 aromatic heterocycles.